The highest BCUT2D eigenvalue weighted by Crippen LogP contribution is 2.67. The Morgan fingerprint density at radius 1 is 0.281 bits per heavy atom. The molecule has 2 aliphatic rings. The van der Waals surface area contributed by atoms with Crippen molar-refractivity contribution in [3.8, 4) is 44.5 Å². The maximum atomic E-state index is 4.32. The standard InChI is InChI=1S/C52H36N4P/c1-3-15-33(16-4-1)43-31-37-21-9-13-25-41(37)49-50-42-26-14-10-22-38(42)32-44(34-17-5-2-6-18-34)52(50)56-57(55-51(43)49)53-45-29-27-35-19-7-11-23-39(35)47(45)48-40-24-12-8-20-36(40)28-30-46(48)54-57/h1-32,53-56H/q+1. The largest absolute Gasteiger partial charge is 0.395 e. The third-order valence-electron chi connectivity index (χ3n) is 11.8. The van der Waals surface area contributed by atoms with Gasteiger partial charge in [-0.15, -0.1) is 0 Å². The fraction of sp³-hybridized carbons (Fsp3) is 0. The second-order valence-corrected chi connectivity index (χ2v) is 17.3. The van der Waals surface area contributed by atoms with E-state index in [4.69, 9.17) is 0 Å². The van der Waals surface area contributed by atoms with Crippen LogP contribution in [0.5, 0.6) is 0 Å². The molecule has 4 N–H and O–H groups in total. The fourth-order valence-electron chi connectivity index (χ4n) is 9.27. The van der Waals surface area contributed by atoms with Gasteiger partial charge in [0.25, 0.3) is 0 Å². The van der Waals surface area contributed by atoms with E-state index in [1.807, 2.05) is 0 Å². The lowest BCUT2D eigenvalue weighted by Crippen LogP contribution is -2.26. The summed E-state index contributed by atoms with van der Waals surface area (Å²) in [4.78, 5) is 0. The van der Waals surface area contributed by atoms with E-state index in [2.05, 4.69) is 214 Å². The second kappa shape index (κ2) is 12.4. The summed E-state index contributed by atoms with van der Waals surface area (Å²) in [6.07, 6.45) is 0. The molecule has 2 aliphatic heterocycles. The molecule has 0 unspecified atom stereocenters. The molecule has 1 spiro atoms. The topological polar surface area (TPSA) is 48.1 Å². The molecule has 0 radical (unpaired) electrons. The number of rotatable bonds is 2. The number of anilines is 4. The minimum absolute atomic E-state index is 1.07. The van der Waals surface area contributed by atoms with Gasteiger partial charge >= 0.3 is 7.87 Å². The van der Waals surface area contributed by atoms with Crippen molar-refractivity contribution in [3.63, 3.8) is 0 Å². The predicted octanol–water partition coefficient (Wildman–Crippen LogP) is 15.0. The quantitative estimate of drug-likeness (QED) is 0.133. The van der Waals surface area contributed by atoms with E-state index < -0.39 is 7.87 Å². The van der Waals surface area contributed by atoms with Crippen molar-refractivity contribution in [2.24, 2.45) is 0 Å². The van der Waals surface area contributed by atoms with Crippen molar-refractivity contribution in [1.82, 2.24) is 0 Å². The molecule has 10 aromatic rings. The summed E-state index contributed by atoms with van der Waals surface area (Å²) in [7, 11) is -2.91. The van der Waals surface area contributed by atoms with E-state index in [0.717, 1.165) is 45.0 Å². The summed E-state index contributed by atoms with van der Waals surface area (Å²) in [6, 6.07) is 70.6. The molecule has 10 aromatic carbocycles. The van der Waals surface area contributed by atoms with Crippen LogP contribution in [0.1, 0.15) is 0 Å². The van der Waals surface area contributed by atoms with Gasteiger partial charge in [-0.1, -0.05) is 170 Å². The molecule has 12 rings (SSSR count). The first-order valence-electron chi connectivity index (χ1n) is 19.5. The van der Waals surface area contributed by atoms with E-state index in [9.17, 15) is 0 Å². The zero-order chi connectivity index (χ0) is 37.5. The van der Waals surface area contributed by atoms with Crippen molar-refractivity contribution in [1.29, 1.82) is 0 Å². The number of hydrogen-bond acceptors (Lipinski definition) is 4. The first kappa shape index (κ1) is 32.1. The van der Waals surface area contributed by atoms with E-state index in [1.54, 1.807) is 0 Å². The lowest BCUT2D eigenvalue weighted by Gasteiger charge is -2.29. The molecule has 0 saturated carbocycles. The molecule has 0 saturated heterocycles. The van der Waals surface area contributed by atoms with Gasteiger partial charge in [0, 0.05) is 33.4 Å². The highest BCUT2D eigenvalue weighted by atomic mass is 31.2. The summed E-state index contributed by atoms with van der Waals surface area (Å²) in [5.41, 5.74) is 13.7. The van der Waals surface area contributed by atoms with Gasteiger partial charge in [0.05, 0.1) is 22.7 Å². The van der Waals surface area contributed by atoms with Gasteiger partial charge in [0.15, 0.2) is 0 Å². The minimum atomic E-state index is -2.91. The highest BCUT2D eigenvalue weighted by Gasteiger charge is 2.49. The maximum absolute atomic E-state index is 4.32. The second-order valence-electron chi connectivity index (χ2n) is 15.1. The van der Waals surface area contributed by atoms with Crippen LogP contribution in [0, 0.1) is 0 Å². The van der Waals surface area contributed by atoms with Crippen LogP contribution in [0.15, 0.2) is 194 Å². The molecular weight excluding hydrogens is 712 g/mol. The van der Waals surface area contributed by atoms with Crippen molar-refractivity contribution < 1.29 is 0 Å². The average Bonchev–Trinajstić information content (AvgIpc) is 3.51. The van der Waals surface area contributed by atoms with Crippen LogP contribution in [-0.4, -0.2) is 0 Å². The average molecular weight is 748 g/mol. The number of fused-ring (bicyclic) bond motifs is 14. The van der Waals surface area contributed by atoms with Gasteiger partial charge in [-0.05, 0) is 78.5 Å². The normalized spacial score (nSPS) is 13.6. The number of hydrogen-bond donors (Lipinski definition) is 4. The summed E-state index contributed by atoms with van der Waals surface area (Å²) < 4.78 is 0. The van der Waals surface area contributed by atoms with Gasteiger partial charge in [0.1, 0.15) is 0 Å². The zero-order valence-electron chi connectivity index (χ0n) is 30.9. The first-order valence-corrected chi connectivity index (χ1v) is 21.3. The molecule has 0 fully saturated rings. The third kappa shape index (κ3) is 4.98. The van der Waals surface area contributed by atoms with Gasteiger partial charge < -0.3 is 0 Å². The zero-order valence-corrected chi connectivity index (χ0v) is 31.8. The van der Waals surface area contributed by atoms with Gasteiger partial charge in [-0.25, -0.2) is 20.3 Å². The third-order valence-corrected chi connectivity index (χ3v) is 14.0. The smallest absolute Gasteiger partial charge is 0.202 e. The predicted molar refractivity (Wildman–Crippen MR) is 246 cm³/mol. The Hall–Kier alpha value is -7.13. The molecule has 268 valence electrons. The van der Waals surface area contributed by atoms with Gasteiger partial charge in [0.2, 0.25) is 0 Å². The molecule has 57 heavy (non-hydrogen) atoms. The molecular formula is C52H36N4P+. The maximum Gasteiger partial charge on any atom is 0.395 e. The van der Waals surface area contributed by atoms with Crippen LogP contribution < -0.4 is 20.3 Å². The van der Waals surface area contributed by atoms with Crippen molar-refractivity contribution in [3.05, 3.63) is 194 Å². The monoisotopic (exact) mass is 747 g/mol. The molecule has 0 amide bonds. The summed E-state index contributed by atoms with van der Waals surface area (Å²) in [5, 5.41) is 26.7. The van der Waals surface area contributed by atoms with Crippen LogP contribution >= 0.6 is 7.87 Å². The Bertz CT molecular complexity index is 3030. The van der Waals surface area contributed by atoms with Crippen LogP contribution in [-0.2, 0) is 0 Å². The molecule has 0 aromatic heterocycles. The Morgan fingerprint density at radius 2 is 0.632 bits per heavy atom. The van der Waals surface area contributed by atoms with Gasteiger partial charge in [-0.2, -0.15) is 0 Å². The van der Waals surface area contributed by atoms with Crippen LogP contribution in [0.25, 0.3) is 87.6 Å². The Labute approximate surface area is 331 Å². The molecule has 2 heterocycles. The minimum Gasteiger partial charge on any atom is -0.202 e. The van der Waals surface area contributed by atoms with Crippen molar-refractivity contribution in [2.75, 3.05) is 20.3 Å². The summed E-state index contributed by atoms with van der Waals surface area (Å²) in [5.74, 6) is 0. The lowest BCUT2D eigenvalue weighted by molar-refractivity contribution is 1.60. The Kier molecular flexibility index (Phi) is 7.02. The molecule has 0 atom stereocenters. The lowest BCUT2D eigenvalue weighted by atomic mass is 9.85. The van der Waals surface area contributed by atoms with Crippen LogP contribution in [0.2, 0.25) is 0 Å². The SMILES string of the molecule is c1ccc(-c2cc3ccccc3c3c2N[P+]2(Nc4ccc5ccccc5c4-c4c(ccc5ccccc45)N2)Nc2c(-c4ccccc4)cc4ccccc4c2-3)cc1. The molecule has 0 bridgehead atoms. The first-order chi connectivity index (χ1) is 28.2. The molecule has 4 nitrogen and oxygen atoms in total. The van der Waals surface area contributed by atoms with E-state index in [1.165, 1.54) is 65.3 Å². The van der Waals surface area contributed by atoms with Gasteiger partial charge in [-0.3, -0.25) is 0 Å². The van der Waals surface area contributed by atoms with Crippen molar-refractivity contribution in [2.45, 2.75) is 0 Å². The highest BCUT2D eigenvalue weighted by molar-refractivity contribution is 7.81. The molecule has 0 aliphatic carbocycles. The Morgan fingerprint density at radius 3 is 1.05 bits per heavy atom. The van der Waals surface area contributed by atoms with Crippen molar-refractivity contribution >= 4 is 73.7 Å². The van der Waals surface area contributed by atoms with E-state index in [0.29, 0.717) is 0 Å². The summed E-state index contributed by atoms with van der Waals surface area (Å²) in [6.45, 7) is 0. The van der Waals surface area contributed by atoms with Crippen LogP contribution in [0.3, 0.4) is 0 Å². The fourth-order valence-corrected chi connectivity index (χ4v) is 11.8. The van der Waals surface area contributed by atoms with Crippen LogP contribution in [0.4, 0.5) is 22.7 Å². The number of benzene rings is 10. The molecule has 5 heteroatoms. The number of nitrogens with one attached hydrogen (secondary N) is 4. The van der Waals surface area contributed by atoms with E-state index >= 15 is 0 Å². The summed E-state index contributed by atoms with van der Waals surface area (Å²) >= 11 is 0. The Balaban J connectivity index is 1.25. The van der Waals surface area contributed by atoms with E-state index in [-0.39, 0.29) is 0 Å².